The maximum atomic E-state index is 14.3. The number of anilines is 1. The Hall–Kier alpha value is -1.70. The summed E-state index contributed by atoms with van der Waals surface area (Å²) >= 11 is 13.1. The summed E-state index contributed by atoms with van der Waals surface area (Å²) < 4.78 is 35.9. The molecule has 2 aromatic carbocycles. The Morgan fingerprint density at radius 2 is 1.86 bits per heavy atom. The van der Waals surface area contributed by atoms with E-state index in [2.05, 4.69) is 9.62 Å². The van der Waals surface area contributed by atoms with E-state index >= 15 is 0 Å². The van der Waals surface area contributed by atoms with Crippen LogP contribution in [-0.2, 0) is 0 Å². The van der Waals surface area contributed by atoms with Crippen LogP contribution in [0.1, 0.15) is 23.2 Å². The van der Waals surface area contributed by atoms with Gasteiger partial charge in [-0.05, 0) is 24.3 Å². The van der Waals surface area contributed by atoms with E-state index in [4.69, 9.17) is 27.9 Å². The Balaban J connectivity index is 1.63. The minimum Gasteiger partial charge on any atom is -0.489 e. The summed E-state index contributed by atoms with van der Waals surface area (Å²) in [5.74, 6) is -1.48. The number of nitrogens with one attached hydrogen (secondary N) is 1. The minimum atomic E-state index is -0.690. The van der Waals surface area contributed by atoms with Crippen molar-refractivity contribution in [2.75, 3.05) is 24.2 Å². The number of halogens is 4. The van der Waals surface area contributed by atoms with Gasteiger partial charge in [-0.25, -0.2) is 8.78 Å². The van der Waals surface area contributed by atoms with Crippen molar-refractivity contribution in [1.29, 1.82) is 0 Å². The molecule has 150 valence electrons. The van der Waals surface area contributed by atoms with E-state index in [-0.39, 0.29) is 27.5 Å². The lowest BCUT2D eigenvalue weighted by Crippen LogP contribution is -2.38. The van der Waals surface area contributed by atoms with Crippen molar-refractivity contribution in [2.24, 2.45) is 0 Å². The van der Waals surface area contributed by atoms with E-state index in [0.717, 1.165) is 23.7 Å². The number of carbonyl (C=O) groups is 1. The van der Waals surface area contributed by atoms with Crippen LogP contribution in [0.2, 0.25) is 10.0 Å². The van der Waals surface area contributed by atoms with Crippen LogP contribution in [0.25, 0.3) is 0 Å². The van der Waals surface area contributed by atoms with E-state index in [9.17, 15) is 13.6 Å². The largest absolute Gasteiger partial charge is 0.489 e. The number of hydrogen-bond donors (Lipinski definition) is 1. The van der Waals surface area contributed by atoms with Gasteiger partial charge in [-0.2, -0.15) is 0 Å². The second-order valence-electron chi connectivity index (χ2n) is 6.30. The third kappa shape index (κ3) is 4.82. The van der Waals surface area contributed by atoms with E-state index in [1.165, 1.54) is 12.1 Å². The van der Waals surface area contributed by atoms with Gasteiger partial charge in [0, 0.05) is 43.9 Å². The summed E-state index contributed by atoms with van der Waals surface area (Å²) in [5.41, 5.74) is 0.716. The Labute approximate surface area is 176 Å². The van der Waals surface area contributed by atoms with Crippen LogP contribution in [0, 0.1) is 11.6 Å². The predicted molar refractivity (Wildman–Crippen MR) is 110 cm³/mol. The zero-order chi connectivity index (χ0) is 20.3. The standard InChI is InChI=1S/C19H18Cl2F2N2O2S/c1-28-24-19(26)13-9-15(21)18(10-17(13)23)27-12-4-6-25(7-5-12)11-2-3-16(22)14(20)8-11/h2-3,8-10,12H,4-7H2,1H3,(H,24,26). The molecular weight excluding hydrogens is 429 g/mol. The number of piperidine rings is 1. The van der Waals surface area contributed by atoms with E-state index in [1.54, 1.807) is 18.4 Å². The quantitative estimate of drug-likeness (QED) is 0.630. The third-order valence-corrected chi connectivity index (χ3v) is 5.44. The fourth-order valence-electron chi connectivity index (χ4n) is 3.03. The fourth-order valence-corrected chi connectivity index (χ4v) is 3.71. The Kier molecular flexibility index (Phi) is 6.91. The lowest BCUT2D eigenvalue weighted by atomic mass is 10.1. The van der Waals surface area contributed by atoms with Crippen molar-refractivity contribution in [1.82, 2.24) is 4.72 Å². The number of hydrogen-bond acceptors (Lipinski definition) is 4. The lowest BCUT2D eigenvalue weighted by Gasteiger charge is -2.34. The molecule has 0 unspecified atom stereocenters. The van der Waals surface area contributed by atoms with Gasteiger partial charge in [0.1, 0.15) is 23.5 Å². The van der Waals surface area contributed by atoms with Crippen LogP contribution >= 0.6 is 35.1 Å². The number of nitrogens with zero attached hydrogens (tertiary/aromatic N) is 1. The molecule has 0 saturated carbocycles. The molecule has 0 aliphatic carbocycles. The first-order valence-corrected chi connectivity index (χ1v) is 10.6. The van der Waals surface area contributed by atoms with Crippen LogP contribution in [0.3, 0.4) is 0 Å². The predicted octanol–water partition coefficient (Wildman–Crippen LogP) is 5.33. The first-order valence-electron chi connectivity index (χ1n) is 8.58. The minimum absolute atomic E-state index is 0.0868. The molecule has 1 amide bonds. The number of amides is 1. The number of benzene rings is 2. The van der Waals surface area contributed by atoms with Crippen molar-refractivity contribution >= 4 is 46.7 Å². The summed E-state index contributed by atoms with van der Waals surface area (Å²) in [7, 11) is 0. The van der Waals surface area contributed by atoms with Crippen molar-refractivity contribution in [3.05, 3.63) is 57.6 Å². The molecule has 1 saturated heterocycles. The molecule has 2 aromatic rings. The van der Waals surface area contributed by atoms with Gasteiger partial charge in [-0.1, -0.05) is 35.1 Å². The zero-order valence-corrected chi connectivity index (χ0v) is 17.3. The van der Waals surface area contributed by atoms with Gasteiger partial charge in [-0.3, -0.25) is 9.52 Å². The number of rotatable bonds is 5. The van der Waals surface area contributed by atoms with E-state index in [1.807, 2.05) is 0 Å². The van der Waals surface area contributed by atoms with Gasteiger partial charge in [0.25, 0.3) is 5.91 Å². The normalized spacial score (nSPS) is 14.8. The molecular formula is C19H18Cl2F2N2O2S. The third-order valence-electron chi connectivity index (χ3n) is 4.46. The average molecular weight is 447 g/mol. The first-order chi connectivity index (χ1) is 13.4. The second kappa shape index (κ2) is 9.20. The van der Waals surface area contributed by atoms with Crippen molar-refractivity contribution in [3.63, 3.8) is 0 Å². The van der Waals surface area contributed by atoms with Crippen LogP contribution in [0.15, 0.2) is 30.3 Å². The molecule has 3 rings (SSSR count). The highest BCUT2D eigenvalue weighted by atomic mass is 35.5. The van der Waals surface area contributed by atoms with Crippen LogP contribution < -0.4 is 14.4 Å². The molecule has 4 nitrogen and oxygen atoms in total. The van der Waals surface area contributed by atoms with Crippen LogP contribution in [-0.4, -0.2) is 31.4 Å². The molecule has 0 atom stereocenters. The topological polar surface area (TPSA) is 41.6 Å². The lowest BCUT2D eigenvalue weighted by molar-refractivity contribution is 0.0980. The SMILES string of the molecule is CSNC(=O)c1cc(Cl)c(OC2CCN(c3ccc(F)c(Cl)c3)CC2)cc1F. The zero-order valence-electron chi connectivity index (χ0n) is 15.0. The highest BCUT2D eigenvalue weighted by molar-refractivity contribution is 7.97. The number of carbonyl (C=O) groups excluding carboxylic acids is 1. The van der Waals surface area contributed by atoms with Gasteiger partial charge in [0.05, 0.1) is 15.6 Å². The Morgan fingerprint density at radius 1 is 1.14 bits per heavy atom. The highest BCUT2D eigenvalue weighted by Gasteiger charge is 2.23. The smallest absolute Gasteiger partial charge is 0.264 e. The van der Waals surface area contributed by atoms with Crippen molar-refractivity contribution < 1.29 is 18.3 Å². The van der Waals surface area contributed by atoms with E-state index < -0.39 is 17.5 Å². The number of ether oxygens (including phenoxy) is 1. The van der Waals surface area contributed by atoms with Crippen LogP contribution in [0.5, 0.6) is 5.75 Å². The summed E-state index contributed by atoms with van der Waals surface area (Å²) in [5, 5.41) is 0.268. The maximum absolute atomic E-state index is 14.3. The van der Waals surface area contributed by atoms with Gasteiger partial charge >= 0.3 is 0 Å². The Morgan fingerprint density at radius 3 is 2.50 bits per heavy atom. The molecule has 0 bridgehead atoms. The Bertz CT molecular complexity index is 877. The summed E-state index contributed by atoms with van der Waals surface area (Å²) in [6.45, 7) is 1.36. The first kappa shape index (κ1) is 21.0. The van der Waals surface area contributed by atoms with Crippen molar-refractivity contribution in [3.8, 4) is 5.75 Å². The fraction of sp³-hybridized carbons (Fsp3) is 0.316. The monoisotopic (exact) mass is 446 g/mol. The summed E-state index contributed by atoms with van der Waals surface area (Å²) in [4.78, 5) is 13.9. The van der Waals surface area contributed by atoms with Gasteiger partial charge < -0.3 is 9.64 Å². The molecule has 1 fully saturated rings. The van der Waals surface area contributed by atoms with Crippen LogP contribution in [0.4, 0.5) is 14.5 Å². The van der Waals surface area contributed by atoms with E-state index in [0.29, 0.717) is 25.9 Å². The summed E-state index contributed by atoms with van der Waals surface area (Å²) in [6.07, 6.45) is 2.89. The maximum Gasteiger partial charge on any atom is 0.264 e. The van der Waals surface area contributed by atoms with Gasteiger partial charge in [0.15, 0.2) is 0 Å². The van der Waals surface area contributed by atoms with Crippen molar-refractivity contribution in [2.45, 2.75) is 18.9 Å². The molecule has 1 N–H and O–H groups in total. The molecule has 0 aromatic heterocycles. The second-order valence-corrected chi connectivity index (χ2v) is 7.73. The molecule has 1 aliphatic rings. The molecule has 1 heterocycles. The molecule has 9 heteroatoms. The molecule has 1 aliphatic heterocycles. The van der Waals surface area contributed by atoms with Gasteiger partial charge in [-0.15, -0.1) is 0 Å². The molecule has 0 radical (unpaired) electrons. The van der Waals surface area contributed by atoms with Gasteiger partial charge in [0.2, 0.25) is 0 Å². The highest BCUT2D eigenvalue weighted by Crippen LogP contribution is 2.31. The molecule has 28 heavy (non-hydrogen) atoms. The summed E-state index contributed by atoms with van der Waals surface area (Å²) in [6, 6.07) is 7.05. The average Bonchev–Trinajstić information content (AvgIpc) is 2.67. The molecule has 0 spiro atoms.